The van der Waals surface area contributed by atoms with Crippen LogP contribution in [0.2, 0.25) is 0 Å². The Kier molecular flexibility index (Phi) is 4.30. The highest BCUT2D eigenvalue weighted by Gasteiger charge is 2.08. The maximum Gasteiger partial charge on any atom is 0.251 e. The molecule has 1 amide bonds. The number of amides is 1. The Balaban J connectivity index is 1.46. The zero-order chi connectivity index (χ0) is 17.8. The van der Waals surface area contributed by atoms with Crippen LogP contribution in [0.1, 0.15) is 15.9 Å². The molecule has 1 N–H and O–H groups in total. The minimum Gasteiger partial charge on any atom is -0.463 e. The first kappa shape index (κ1) is 15.8. The second-order valence-corrected chi connectivity index (χ2v) is 5.71. The zero-order valence-corrected chi connectivity index (χ0v) is 13.9. The average molecular weight is 344 g/mol. The van der Waals surface area contributed by atoms with Crippen molar-refractivity contribution in [1.82, 2.24) is 20.1 Å². The molecule has 3 aromatic heterocycles. The van der Waals surface area contributed by atoms with Gasteiger partial charge in [0.15, 0.2) is 5.76 Å². The lowest BCUT2D eigenvalue weighted by molar-refractivity contribution is 0.0951. The Hall–Kier alpha value is -3.67. The van der Waals surface area contributed by atoms with E-state index in [1.165, 1.54) is 0 Å². The largest absolute Gasteiger partial charge is 0.463 e. The molecule has 4 rings (SSSR count). The Bertz CT molecular complexity index is 1010. The van der Waals surface area contributed by atoms with Crippen LogP contribution < -0.4 is 5.32 Å². The minimum atomic E-state index is -0.143. The van der Waals surface area contributed by atoms with Crippen molar-refractivity contribution in [1.29, 1.82) is 0 Å². The molecule has 1 aromatic carbocycles. The van der Waals surface area contributed by atoms with Crippen LogP contribution in [-0.4, -0.2) is 20.7 Å². The Morgan fingerprint density at radius 3 is 2.85 bits per heavy atom. The van der Waals surface area contributed by atoms with Gasteiger partial charge < -0.3 is 9.73 Å². The lowest BCUT2D eigenvalue weighted by Gasteiger charge is -2.08. The van der Waals surface area contributed by atoms with Crippen molar-refractivity contribution >= 4 is 5.91 Å². The molecule has 0 aliphatic rings. The first-order valence-corrected chi connectivity index (χ1v) is 8.17. The number of pyridine rings is 1. The summed E-state index contributed by atoms with van der Waals surface area (Å²) < 4.78 is 7.08. The number of benzene rings is 1. The molecule has 128 valence electrons. The summed E-state index contributed by atoms with van der Waals surface area (Å²) in [6.07, 6.45) is 6.85. The van der Waals surface area contributed by atoms with E-state index in [0.717, 1.165) is 16.9 Å². The van der Waals surface area contributed by atoms with Gasteiger partial charge in [0.05, 0.1) is 12.0 Å². The van der Waals surface area contributed by atoms with E-state index >= 15 is 0 Å². The molecular weight excluding hydrogens is 328 g/mol. The van der Waals surface area contributed by atoms with E-state index in [0.29, 0.717) is 17.9 Å². The number of aromatic nitrogens is 3. The Morgan fingerprint density at radius 1 is 1.08 bits per heavy atom. The van der Waals surface area contributed by atoms with Crippen LogP contribution in [-0.2, 0) is 6.54 Å². The van der Waals surface area contributed by atoms with Gasteiger partial charge in [-0.1, -0.05) is 6.07 Å². The van der Waals surface area contributed by atoms with Crippen LogP contribution in [0.25, 0.3) is 17.1 Å². The number of rotatable bonds is 5. The molecule has 0 bridgehead atoms. The lowest BCUT2D eigenvalue weighted by Crippen LogP contribution is -2.23. The molecular formula is C20H16N4O2. The number of carbonyl (C=O) groups is 1. The molecule has 0 aliphatic heterocycles. The van der Waals surface area contributed by atoms with E-state index in [9.17, 15) is 4.79 Å². The van der Waals surface area contributed by atoms with Gasteiger partial charge in [-0.05, 0) is 54.1 Å². The maximum atomic E-state index is 12.5. The first-order chi connectivity index (χ1) is 12.8. The third-order valence-corrected chi connectivity index (χ3v) is 3.93. The van der Waals surface area contributed by atoms with Crippen LogP contribution in [0.3, 0.4) is 0 Å². The monoisotopic (exact) mass is 344 g/mol. The fourth-order valence-corrected chi connectivity index (χ4v) is 2.64. The highest BCUT2D eigenvalue weighted by Crippen LogP contribution is 2.18. The van der Waals surface area contributed by atoms with Gasteiger partial charge in [0, 0.05) is 30.7 Å². The molecule has 0 saturated heterocycles. The van der Waals surface area contributed by atoms with Crippen molar-refractivity contribution < 1.29 is 9.21 Å². The number of nitrogens with one attached hydrogen (secondary N) is 1. The van der Waals surface area contributed by atoms with E-state index in [1.54, 1.807) is 29.4 Å². The summed E-state index contributed by atoms with van der Waals surface area (Å²) in [6, 6.07) is 16.6. The molecule has 0 spiro atoms. The molecule has 4 aromatic rings. The van der Waals surface area contributed by atoms with Gasteiger partial charge in [-0.15, -0.1) is 0 Å². The number of nitrogens with zero attached hydrogens (tertiary/aromatic N) is 3. The lowest BCUT2D eigenvalue weighted by atomic mass is 10.1. The molecule has 6 nitrogen and oxygen atoms in total. The minimum absolute atomic E-state index is 0.143. The van der Waals surface area contributed by atoms with Gasteiger partial charge in [0.25, 0.3) is 5.91 Å². The summed E-state index contributed by atoms with van der Waals surface area (Å²) in [5, 5.41) is 7.12. The van der Waals surface area contributed by atoms with Gasteiger partial charge in [0.2, 0.25) is 0 Å². The molecule has 0 aliphatic carbocycles. The third-order valence-electron chi connectivity index (χ3n) is 3.93. The number of hydrogen-bond donors (Lipinski definition) is 1. The van der Waals surface area contributed by atoms with Crippen LogP contribution in [0, 0.1) is 0 Å². The molecule has 0 unspecified atom stereocenters. The second-order valence-electron chi connectivity index (χ2n) is 5.71. The maximum absolute atomic E-state index is 12.5. The van der Waals surface area contributed by atoms with Gasteiger partial charge in [-0.2, -0.15) is 5.10 Å². The van der Waals surface area contributed by atoms with Crippen molar-refractivity contribution in [3.05, 3.63) is 90.6 Å². The topological polar surface area (TPSA) is 73.0 Å². The predicted molar refractivity (Wildman–Crippen MR) is 96.7 cm³/mol. The van der Waals surface area contributed by atoms with Gasteiger partial charge in [-0.3, -0.25) is 9.78 Å². The van der Waals surface area contributed by atoms with E-state index in [2.05, 4.69) is 15.4 Å². The molecule has 0 atom stereocenters. The summed E-state index contributed by atoms with van der Waals surface area (Å²) in [5.74, 6) is 0.556. The van der Waals surface area contributed by atoms with Crippen molar-refractivity contribution in [3.8, 4) is 17.1 Å². The second kappa shape index (κ2) is 7.06. The summed E-state index contributed by atoms with van der Waals surface area (Å²) >= 11 is 0. The fourth-order valence-electron chi connectivity index (χ4n) is 2.64. The molecule has 0 saturated carbocycles. The van der Waals surface area contributed by atoms with E-state index in [1.807, 2.05) is 54.7 Å². The quantitative estimate of drug-likeness (QED) is 0.602. The molecule has 6 heteroatoms. The predicted octanol–water partition coefficient (Wildman–Crippen LogP) is 3.46. The van der Waals surface area contributed by atoms with Gasteiger partial charge in [-0.25, -0.2) is 4.68 Å². The number of furan rings is 1. The van der Waals surface area contributed by atoms with Crippen LogP contribution in [0.4, 0.5) is 0 Å². The Morgan fingerprint density at radius 2 is 2.04 bits per heavy atom. The van der Waals surface area contributed by atoms with E-state index in [-0.39, 0.29) is 5.91 Å². The number of carbonyl (C=O) groups excluding carboxylic acids is 1. The van der Waals surface area contributed by atoms with Crippen molar-refractivity contribution in [2.24, 2.45) is 0 Å². The summed E-state index contributed by atoms with van der Waals surface area (Å²) in [6.45, 7) is 0.404. The highest BCUT2D eigenvalue weighted by atomic mass is 16.3. The molecule has 0 radical (unpaired) electrons. The SMILES string of the molecule is O=C(NCc1ccnc(-c2ccco2)c1)c1cccc(-n2cccn2)c1. The summed E-state index contributed by atoms with van der Waals surface area (Å²) in [4.78, 5) is 16.8. The van der Waals surface area contributed by atoms with Crippen molar-refractivity contribution in [2.75, 3.05) is 0 Å². The number of hydrogen-bond acceptors (Lipinski definition) is 4. The molecule has 26 heavy (non-hydrogen) atoms. The van der Waals surface area contributed by atoms with Gasteiger partial charge >= 0.3 is 0 Å². The highest BCUT2D eigenvalue weighted by molar-refractivity contribution is 5.94. The first-order valence-electron chi connectivity index (χ1n) is 8.17. The normalized spacial score (nSPS) is 10.6. The standard InChI is InChI=1S/C20H16N4O2/c25-20(16-4-1-5-17(13-16)24-10-3-8-23-24)22-14-15-7-9-21-18(12-15)19-6-2-11-26-19/h1-13H,14H2,(H,22,25). The van der Waals surface area contributed by atoms with Gasteiger partial charge in [0.1, 0.15) is 5.69 Å². The van der Waals surface area contributed by atoms with Crippen LogP contribution >= 0.6 is 0 Å². The smallest absolute Gasteiger partial charge is 0.251 e. The van der Waals surface area contributed by atoms with Crippen molar-refractivity contribution in [2.45, 2.75) is 6.54 Å². The van der Waals surface area contributed by atoms with Crippen LogP contribution in [0.15, 0.2) is 83.9 Å². The molecule has 0 fully saturated rings. The summed E-state index contributed by atoms with van der Waals surface area (Å²) in [5.41, 5.74) is 3.11. The third kappa shape index (κ3) is 3.39. The molecule has 3 heterocycles. The Labute approximate surface area is 150 Å². The van der Waals surface area contributed by atoms with Crippen molar-refractivity contribution in [3.63, 3.8) is 0 Å². The zero-order valence-electron chi connectivity index (χ0n) is 13.9. The average Bonchev–Trinajstić information content (AvgIpc) is 3.40. The summed E-state index contributed by atoms with van der Waals surface area (Å²) in [7, 11) is 0. The van der Waals surface area contributed by atoms with E-state index < -0.39 is 0 Å². The van der Waals surface area contributed by atoms with Crippen LogP contribution in [0.5, 0.6) is 0 Å². The fraction of sp³-hybridized carbons (Fsp3) is 0.0500. The van der Waals surface area contributed by atoms with E-state index in [4.69, 9.17) is 4.42 Å².